The zero-order chi connectivity index (χ0) is 10.8. The molecule has 0 aliphatic rings. The number of carboxylic acids is 1. The first kappa shape index (κ1) is 9.26. The monoisotopic (exact) mass is 205 g/mol. The van der Waals surface area contributed by atoms with Gasteiger partial charge in [-0.2, -0.15) is 0 Å². The van der Waals surface area contributed by atoms with E-state index in [0.717, 1.165) is 6.07 Å². The number of carboxylic acid groups (broad SMARTS) is 1. The Bertz CT molecular complexity index is 539. The van der Waals surface area contributed by atoms with Gasteiger partial charge in [0.25, 0.3) is 0 Å². The van der Waals surface area contributed by atoms with E-state index in [-0.39, 0.29) is 11.1 Å². The number of carbonyl (C=O) groups is 1. The summed E-state index contributed by atoms with van der Waals surface area (Å²) < 4.78 is 5.05. The quantitative estimate of drug-likeness (QED) is 0.774. The highest BCUT2D eigenvalue weighted by molar-refractivity contribution is 5.85. The summed E-state index contributed by atoms with van der Waals surface area (Å²) in [7, 11) is 0. The third kappa shape index (κ3) is 1.80. The molecule has 0 saturated heterocycles. The zero-order valence-electron chi connectivity index (χ0n) is 7.56. The molecule has 5 nitrogen and oxygen atoms in total. The lowest BCUT2D eigenvalue weighted by atomic mass is 10.2. The Morgan fingerprint density at radius 3 is 2.80 bits per heavy atom. The SMILES string of the molecule is O=C(O)c1cc(=O)cc(-c2ccco2)[nH]1. The molecule has 0 bridgehead atoms. The van der Waals surface area contributed by atoms with Crippen LogP contribution in [0.1, 0.15) is 10.5 Å². The number of aromatic amines is 1. The highest BCUT2D eigenvalue weighted by Crippen LogP contribution is 2.15. The van der Waals surface area contributed by atoms with Gasteiger partial charge in [-0.1, -0.05) is 0 Å². The lowest BCUT2D eigenvalue weighted by Gasteiger charge is -1.99. The predicted octanol–water partition coefficient (Wildman–Crippen LogP) is 1.33. The van der Waals surface area contributed by atoms with Gasteiger partial charge in [0.2, 0.25) is 0 Å². The molecule has 2 aromatic heterocycles. The maximum Gasteiger partial charge on any atom is 0.352 e. The fraction of sp³-hybridized carbons (Fsp3) is 0. The fourth-order valence-corrected chi connectivity index (χ4v) is 1.22. The largest absolute Gasteiger partial charge is 0.477 e. The molecule has 0 aromatic carbocycles. The molecule has 0 saturated carbocycles. The van der Waals surface area contributed by atoms with Crippen molar-refractivity contribution in [3.8, 4) is 11.5 Å². The number of furan rings is 1. The second kappa shape index (κ2) is 3.45. The average Bonchev–Trinajstić information content (AvgIpc) is 2.69. The summed E-state index contributed by atoms with van der Waals surface area (Å²) in [6.45, 7) is 0. The fourth-order valence-electron chi connectivity index (χ4n) is 1.22. The molecule has 76 valence electrons. The van der Waals surface area contributed by atoms with E-state index in [9.17, 15) is 9.59 Å². The Morgan fingerprint density at radius 1 is 1.40 bits per heavy atom. The van der Waals surface area contributed by atoms with Gasteiger partial charge in [-0.25, -0.2) is 4.79 Å². The number of H-pyrrole nitrogens is 1. The maximum absolute atomic E-state index is 11.2. The molecule has 2 aromatic rings. The first-order valence-corrected chi connectivity index (χ1v) is 4.18. The molecule has 0 aliphatic carbocycles. The summed E-state index contributed by atoms with van der Waals surface area (Å²) in [4.78, 5) is 24.5. The molecule has 0 unspecified atom stereocenters. The topological polar surface area (TPSA) is 83.3 Å². The van der Waals surface area contributed by atoms with E-state index >= 15 is 0 Å². The molecule has 0 fully saturated rings. The minimum Gasteiger partial charge on any atom is -0.477 e. The summed E-state index contributed by atoms with van der Waals surface area (Å²) in [5, 5.41) is 8.73. The number of hydrogen-bond donors (Lipinski definition) is 2. The molecule has 0 amide bonds. The van der Waals surface area contributed by atoms with Crippen LogP contribution in [0.25, 0.3) is 11.5 Å². The molecular formula is C10H7NO4. The average molecular weight is 205 g/mol. The van der Waals surface area contributed by atoms with E-state index in [2.05, 4.69) is 4.98 Å². The zero-order valence-corrected chi connectivity index (χ0v) is 7.56. The van der Waals surface area contributed by atoms with Crippen LogP contribution in [0.4, 0.5) is 0 Å². The van der Waals surface area contributed by atoms with Crippen molar-refractivity contribution in [3.05, 3.63) is 46.4 Å². The van der Waals surface area contributed by atoms with Crippen LogP contribution in [-0.4, -0.2) is 16.1 Å². The van der Waals surface area contributed by atoms with Crippen LogP contribution in [0.2, 0.25) is 0 Å². The van der Waals surface area contributed by atoms with E-state index in [4.69, 9.17) is 9.52 Å². The van der Waals surface area contributed by atoms with Gasteiger partial charge in [0.1, 0.15) is 11.5 Å². The van der Waals surface area contributed by atoms with Crippen molar-refractivity contribution in [2.24, 2.45) is 0 Å². The number of pyridine rings is 1. The Balaban J connectivity index is 2.59. The Kier molecular flexibility index (Phi) is 2.13. The van der Waals surface area contributed by atoms with Gasteiger partial charge >= 0.3 is 5.97 Å². The van der Waals surface area contributed by atoms with Gasteiger partial charge in [0, 0.05) is 12.1 Å². The Morgan fingerprint density at radius 2 is 2.20 bits per heavy atom. The minimum atomic E-state index is -1.18. The van der Waals surface area contributed by atoms with Gasteiger partial charge in [0.15, 0.2) is 5.43 Å². The van der Waals surface area contributed by atoms with Crippen LogP contribution < -0.4 is 5.43 Å². The van der Waals surface area contributed by atoms with Crippen LogP contribution in [0.3, 0.4) is 0 Å². The van der Waals surface area contributed by atoms with Gasteiger partial charge in [-0.3, -0.25) is 4.79 Å². The van der Waals surface area contributed by atoms with E-state index in [1.54, 1.807) is 12.1 Å². The molecule has 15 heavy (non-hydrogen) atoms. The molecule has 0 atom stereocenters. The van der Waals surface area contributed by atoms with Gasteiger partial charge in [-0.05, 0) is 12.1 Å². The molecule has 5 heteroatoms. The number of rotatable bonds is 2. The molecule has 0 aliphatic heterocycles. The highest BCUT2D eigenvalue weighted by atomic mass is 16.4. The lowest BCUT2D eigenvalue weighted by molar-refractivity contribution is 0.0690. The van der Waals surface area contributed by atoms with Crippen molar-refractivity contribution >= 4 is 5.97 Å². The number of hydrogen-bond acceptors (Lipinski definition) is 3. The number of nitrogens with one attached hydrogen (secondary N) is 1. The molecule has 2 rings (SSSR count). The standard InChI is InChI=1S/C10H7NO4/c12-6-4-7(9-2-1-3-15-9)11-8(5-6)10(13)14/h1-5H,(H,11,12)(H,13,14). The van der Waals surface area contributed by atoms with Crippen molar-refractivity contribution in [3.63, 3.8) is 0 Å². The van der Waals surface area contributed by atoms with E-state index in [0.29, 0.717) is 11.5 Å². The summed E-state index contributed by atoms with van der Waals surface area (Å²) >= 11 is 0. The first-order valence-electron chi connectivity index (χ1n) is 4.18. The van der Waals surface area contributed by atoms with Crippen LogP contribution in [0, 0.1) is 0 Å². The Labute approximate surface area is 84.0 Å². The normalized spacial score (nSPS) is 10.1. The second-order valence-electron chi connectivity index (χ2n) is 2.93. The third-order valence-electron chi connectivity index (χ3n) is 1.86. The van der Waals surface area contributed by atoms with Crippen molar-refractivity contribution in [2.75, 3.05) is 0 Å². The van der Waals surface area contributed by atoms with E-state index in [1.807, 2.05) is 0 Å². The molecule has 0 spiro atoms. The van der Waals surface area contributed by atoms with Crippen molar-refractivity contribution < 1.29 is 14.3 Å². The van der Waals surface area contributed by atoms with Crippen molar-refractivity contribution in [1.29, 1.82) is 0 Å². The summed E-state index contributed by atoms with van der Waals surface area (Å²) in [6.07, 6.45) is 1.45. The van der Waals surface area contributed by atoms with Crippen LogP contribution in [0.15, 0.2) is 39.7 Å². The first-order chi connectivity index (χ1) is 7.16. The van der Waals surface area contributed by atoms with Crippen LogP contribution in [-0.2, 0) is 0 Å². The summed E-state index contributed by atoms with van der Waals surface area (Å²) in [6, 6.07) is 5.60. The molecule has 2 N–H and O–H groups in total. The second-order valence-corrected chi connectivity index (χ2v) is 2.93. The maximum atomic E-state index is 11.2. The Hall–Kier alpha value is -2.30. The van der Waals surface area contributed by atoms with Crippen LogP contribution >= 0.6 is 0 Å². The third-order valence-corrected chi connectivity index (χ3v) is 1.86. The number of aromatic nitrogens is 1. The molecule has 0 radical (unpaired) electrons. The van der Waals surface area contributed by atoms with Gasteiger partial charge in [0.05, 0.1) is 12.0 Å². The highest BCUT2D eigenvalue weighted by Gasteiger charge is 2.08. The van der Waals surface area contributed by atoms with Gasteiger partial charge in [-0.15, -0.1) is 0 Å². The van der Waals surface area contributed by atoms with Gasteiger partial charge < -0.3 is 14.5 Å². The van der Waals surface area contributed by atoms with Crippen molar-refractivity contribution in [1.82, 2.24) is 4.98 Å². The predicted molar refractivity (Wildman–Crippen MR) is 51.7 cm³/mol. The lowest BCUT2D eigenvalue weighted by Crippen LogP contribution is -2.08. The smallest absolute Gasteiger partial charge is 0.352 e. The molecular weight excluding hydrogens is 198 g/mol. The van der Waals surface area contributed by atoms with E-state index < -0.39 is 5.97 Å². The molecule has 2 heterocycles. The number of aromatic carboxylic acids is 1. The summed E-state index contributed by atoms with van der Waals surface area (Å²) in [5.41, 5.74) is -0.184. The van der Waals surface area contributed by atoms with Crippen molar-refractivity contribution in [2.45, 2.75) is 0 Å². The van der Waals surface area contributed by atoms with E-state index in [1.165, 1.54) is 12.3 Å². The van der Waals surface area contributed by atoms with Crippen LogP contribution in [0.5, 0.6) is 0 Å². The minimum absolute atomic E-state index is 0.158. The summed E-state index contributed by atoms with van der Waals surface area (Å²) in [5.74, 6) is -0.754.